The molecule has 21 heavy (non-hydrogen) atoms. The van der Waals surface area contributed by atoms with Crippen LogP contribution in [-0.2, 0) is 13.9 Å². The van der Waals surface area contributed by atoms with Crippen LogP contribution in [0.4, 0.5) is 0 Å². The third-order valence-electron chi connectivity index (χ3n) is 5.28. The van der Waals surface area contributed by atoms with Crippen LogP contribution in [0, 0.1) is 0 Å². The van der Waals surface area contributed by atoms with Crippen LogP contribution in [0.2, 0.25) is 18.1 Å². The number of alkyl halides is 1. The molecule has 0 amide bonds. The minimum absolute atomic E-state index is 0.219. The highest BCUT2D eigenvalue weighted by molar-refractivity contribution is 14.1. The van der Waals surface area contributed by atoms with E-state index in [0.717, 1.165) is 36.7 Å². The van der Waals surface area contributed by atoms with Gasteiger partial charge in [-0.2, -0.15) is 0 Å². The second-order valence-corrected chi connectivity index (χ2v) is 13.5. The Morgan fingerprint density at radius 3 is 2.48 bits per heavy atom. The lowest BCUT2D eigenvalue weighted by atomic mass is 10.0. The van der Waals surface area contributed by atoms with E-state index < -0.39 is 8.32 Å². The lowest BCUT2D eigenvalue weighted by Gasteiger charge is -2.41. The largest absolute Gasteiger partial charge is 0.411 e. The normalized spacial score (nSPS) is 35.1. The van der Waals surface area contributed by atoms with E-state index in [1.807, 2.05) is 0 Å². The topological polar surface area (TPSA) is 27.7 Å². The first-order chi connectivity index (χ1) is 9.74. The van der Waals surface area contributed by atoms with Gasteiger partial charge in [-0.1, -0.05) is 43.4 Å². The van der Waals surface area contributed by atoms with Crippen molar-refractivity contribution >= 4 is 30.9 Å². The van der Waals surface area contributed by atoms with Crippen molar-refractivity contribution in [3.05, 3.63) is 0 Å². The molecule has 2 heterocycles. The van der Waals surface area contributed by atoms with E-state index >= 15 is 0 Å². The zero-order valence-corrected chi connectivity index (χ0v) is 17.3. The van der Waals surface area contributed by atoms with Crippen LogP contribution in [0.15, 0.2) is 0 Å². The van der Waals surface area contributed by atoms with Crippen LogP contribution in [0.1, 0.15) is 46.5 Å². The van der Waals surface area contributed by atoms with Crippen LogP contribution >= 0.6 is 22.6 Å². The number of hydrogen-bond acceptors (Lipinski definition) is 3. The molecule has 0 radical (unpaired) electrons. The molecule has 0 aromatic heterocycles. The highest BCUT2D eigenvalue weighted by Crippen LogP contribution is 2.39. The van der Waals surface area contributed by atoms with Gasteiger partial charge in [0.05, 0.1) is 24.4 Å². The lowest BCUT2D eigenvalue weighted by molar-refractivity contribution is -0.125. The third-order valence-corrected chi connectivity index (χ3v) is 10.7. The molecule has 2 aliphatic heterocycles. The Morgan fingerprint density at radius 2 is 1.86 bits per heavy atom. The molecule has 0 N–H and O–H groups in total. The summed E-state index contributed by atoms with van der Waals surface area (Å²) in [4.78, 5) is 0. The first-order valence-electron chi connectivity index (χ1n) is 8.25. The van der Waals surface area contributed by atoms with Crippen molar-refractivity contribution < 1.29 is 13.9 Å². The van der Waals surface area contributed by atoms with Crippen LogP contribution < -0.4 is 0 Å². The summed E-state index contributed by atoms with van der Waals surface area (Å²) in [6, 6.07) is 0. The Morgan fingerprint density at radius 1 is 1.14 bits per heavy atom. The Kier molecular flexibility index (Phi) is 6.19. The minimum atomic E-state index is -1.75. The van der Waals surface area contributed by atoms with E-state index in [2.05, 4.69) is 56.5 Å². The molecule has 0 aliphatic carbocycles. The molecule has 2 rings (SSSR count). The van der Waals surface area contributed by atoms with Gasteiger partial charge in [0.2, 0.25) is 0 Å². The van der Waals surface area contributed by atoms with Gasteiger partial charge < -0.3 is 13.9 Å². The molecule has 3 nitrogen and oxygen atoms in total. The SMILES string of the molecule is CC(C)(C)[Si](C)(C)O[C@H]1CC[C@H]2OCCC[C@@H]2O[C@@H]1CI. The molecule has 0 bridgehead atoms. The van der Waals surface area contributed by atoms with Gasteiger partial charge in [0.15, 0.2) is 8.32 Å². The second kappa shape index (κ2) is 7.15. The summed E-state index contributed by atoms with van der Waals surface area (Å²) in [5, 5.41) is 0.248. The van der Waals surface area contributed by atoms with Gasteiger partial charge >= 0.3 is 0 Å². The summed E-state index contributed by atoms with van der Waals surface area (Å²) in [5.74, 6) is 0. The zero-order valence-electron chi connectivity index (χ0n) is 14.2. The van der Waals surface area contributed by atoms with Crippen molar-refractivity contribution in [3.8, 4) is 0 Å². The van der Waals surface area contributed by atoms with Gasteiger partial charge in [0.1, 0.15) is 0 Å². The van der Waals surface area contributed by atoms with Crippen LogP contribution in [-0.4, -0.2) is 43.8 Å². The first kappa shape index (κ1) is 18.2. The smallest absolute Gasteiger partial charge is 0.192 e. The maximum Gasteiger partial charge on any atom is 0.192 e. The molecule has 124 valence electrons. The van der Waals surface area contributed by atoms with E-state index in [-0.39, 0.29) is 29.5 Å². The fourth-order valence-corrected chi connectivity index (χ4v) is 5.04. The van der Waals surface area contributed by atoms with E-state index in [1.165, 1.54) is 0 Å². The standard InChI is InChI=1S/C16H31IO3Si/c1-16(2,3)21(4,5)20-14-9-8-12-13(7-6-10-18-12)19-15(14)11-17/h12-15H,6-11H2,1-5H3/t12-,13+,14+,15-/m1/s1. The highest BCUT2D eigenvalue weighted by atomic mass is 127. The predicted octanol–water partition coefficient (Wildman–Crippen LogP) is 4.54. The Hall–Kier alpha value is 0.827. The van der Waals surface area contributed by atoms with Gasteiger partial charge in [-0.3, -0.25) is 0 Å². The summed E-state index contributed by atoms with van der Waals surface area (Å²) in [5.41, 5.74) is 0. The summed E-state index contributed by atoms with van der Waals surface area (Å²) in [6.07, 6.45) is 5.45. The van der Waals surface area contributed by atoms with Crippen molar-refractivity contribution in [3.63, 3.8) is 0 Å². The molecule has 0 aromatic rings. The van der Waals surface area contributed by atoms with Crippen LogP contribution in [0.5, 0.6) is 0 Å². The Balaban J connectivity index is 2.07. The molecule has 2 saturated heterocycles. The average molecular weight is 426 g/mol. The average Bonchev–Trinajstić information content (AvgIpc) is 2.57. The molecule has 4 atom stereocenters. The van der Waals surface area contributed by atoms with Crippen LogP contribution in [0.25, 0.3) is 0 Å². The van der Waals surface area contributed by atoms with Crippen molar-refractivity contribution in [2.45, 2.75) is 89.0 Å². The maximum atomic E-state index is 6.69. The Labute approximate surface area is 144 Å². The van der Waals surface area contributed by atoms with Gasteiger partial charge in [0.25, 0.3) is 0 Å². The number of ether oxygens (including phenoxy) is 2. The highest BCUT2D eigenvalue weighted by Gasteiger charge is 2.43. The monoisotopic (exact) mass is 426 g/mol. The number of fused-ring (bicyclic) bond motifs is 1. The Bertz CT molecular complexity index is 343. The molecule has 2 fully saturated rings. The van der Waals surface area contributed by atoms with Crippen molar-refractivity contribution in [1.29, 1.82) is 0 Å². The van der Waals surface area contributed by atoms with E-state index in [1.54, 1.807) is 0 Å². The molecule has 0 spiro atoms. The third kappa shape index (κ3) is 4.43. The van der Waals surface area contributed by atoms with Gasteiger partial charge in [-0.25, -0.2) is 0 Å². The van der Waals surface area contributed by atoms with Crippen molar-refractivity contribution in [2.75, 3.05) is 11.0 Å². The van der Waals surface area contributed by atoms with Gasteiger partial charge in [0, 0.05) is 11.0 Å². The van der Waals surface area contributed by atoms with E-state index in [4.69, 9.17) is 13.9 Å². The van der Waals surface area contributed by atoms with Gasteiger partial charge in [-0.05, 0) is 43.8 Å². The molecular formula is C16H31IO3Si. The molecule has 2 aliphatic rings. The van der Waals surface area contributed by atoms with Crippen molar-refractivity contribution in [1.82, 2.24) is 0 Å². The first-order valence-corrected chi connectivity index (χ1v) is 12.7. The number of rotatable bonds is 3. The number of halogens is 1. The van der Waals surface area contributed by atoms with Gasteiger partial charge in [-0.15, -0.1) is 0 Å². The molecule has 0 unspecified atom stereocenters. The van der Waals surface area contributed by atoms with E-state index in [9.17, 15) is 0 Å². The number of hydrogen-bond donors (Lipinski definition) is 0. The zero-order chi connectivity index (χ0) is 15.7. The summed E-state index contributed by atoms with van der Waals surface area (Å²) in [6.45, 7) is 12.5. The lowest BCUT2D eigenvalue weighted by Crippen LogP contribution is -2.48. The summed E-state index contributed by atoms with van der Waals surface area (Å²) >= 11 is 2.44. The fourth-order valence-electron chi connectivity index (χ4n) is 2.89. The van der Waals surface area contributed by atoms with Crippen molar-refractivity contribution in [2.24, 2.45) is 0 Å². The van der Waals surface area contributed by atoms with Crippen LogP contribution in [0.3, 0.4) is 0 Å². The molecule has 0 saturated carbocycles. The minimum Gasteiger partial charge on any atom is -0.411 e. The van der Waals surface area contributed by atoms with E-state index in [0.29, 0.717) is 0 Å². The summed E-state index contributed by atoms with van der Waals surface area (Å²) < 4.78 is 20.0. The molecule has 5 heteroatoms. The quantitative estimate of drug-likeness (QED) is 0.377. The predicted molar refractivity (Wildman–Crippen MR) is 97.8 cm³/mol. The molecular weight excluding hydrogens is 395 g/mol. The second-order valence-electron chi connectivity index (χ2n) is 7.91. The summed E-state index contributed by atoms with van der Waals surface area (Å²) in [7, 11) is -1.75. The fraction of sp³-hybridized carbons (Fsp3) is 1.00. The molecule has 0 aromatic carbocycles. The maximum absolute atomic E-state index is 6.69.